The molecule has 0 aliphatic heterocycles. The number of halogens is 1. The first-order chi connectivity index (χ1) is 5.69. The van der Waals surface area contributed by atoms with E-state index >= 15 is 0 Å². The van der Waals surface area contributed by atoms with Crippen molar-refractivity contribution in [3.63, 3.8) is 0 Å². The number of nitrogens with zero attached hydrogens (tertiary/aromatic N) is 1. The highest BCUT2D eigenvalue weighted by atomic mass is 35.5. The first-order valence-electron chi connectivity index (χ1n) is 4.33. The Morgan fingerprint density at radius 1 is 1.33 bits per heavy atom. The molecule has 1 nitrogen and oxygen atoms in total. The van der Waals surface area contributed by atoms with Crippen LogP contribution in [0.3, 0.4) is 0 Å². The van der Waals surface area contributed by atoms with Crippen molar-refractivity contribution in [3.05, 3.63) is 28.0 Å². The Morgan fingerprint density at radius 3 is 2.42 bits per heavy atom. The summed E-state index contributed by atoms with van der Waals surface area (Å²) in [6.45, 7) is 6.20. The minimum Gasteiger partial charge on any atom is -0.258 e. The molecule has 1 heterocycles. The topological polar surface area (TPSA) is 12.9 Å². The van der Waals surface area contributed by atoms with Crippen LogP contribution in [0.1, 0.15) is 30.8 Å². The van der Waals surface area contributed by atoms with Crippen LogP contribution < -0.4 is 0 Å². The van der Waals surface area contributed by atoms with Gasteiger partial charge in [0.1, 0.15) is 0 Å². The molecule has 0 aliphatic carbocycles. The fraction of sp³-hybridized carbons (Fsp3) is 0.500. The van der Waals surface area contributed by atoms with E-state index in [4.69, 9.17) is 11.6 Å². The lowest BCUT2D eigenvalue weighted by molar-refractivity contribution is 0.966. The third-order valence-corrected chi connectivity index (χ3v) is 2.38. The Labute approximate surface area is 78.8 Å². The van der Waals surface area contributed by atoms with Crippen LogP contribution in [0, 0.1) is 6.92 Å². The highest BCUT2D eigenvalue weighted by Crippen LogP contribution is 2.20. The Morgan fingerprint density at radius 2 is 2.00 bits per heavy atom. The van der Waals surface area contributed by atoms with Crippen molar-refractivity contribution in [1.29, 1.82) is 0 Å². The van der Waals surface area contributed by atoms with E-state index in [0.717, 1.165) is 29.3 Å². The average Bonchev–Trinajstić information content (AvgIpc) is 2.03. The van der Waals surface area contributed by atoms with E-state index in [1.54, 1.807) is 0 Å². The SMILES string of the molecule is CCc1cc(Cl)c(CC)c(C)n1. The molecule has 0 fully saturated rings. The van der Waals surface area contributed by atoms with Crippen LogP contribution in [0.2, 0.25) is 5.02 Å². The van der Waals surface area contributed by atoms with E-state index in [0.29, 0.717) is 0 Å². The Hall–Kier alpha value is -0.560. The predicted molar refractivity (Wildman–Crippen MR) is 52.7 cm³/mol. The maximum atomic E-state index is 6.07. The van der Waals surface area contributed by atoms with E-state index in [1.165, 1.54) is 5.56 Å². The zero-order valence-electron chi connectivity index (χ0n) is 7.82. The summed E-state index contributed by atoms with van der Waals surface area (Å²) >= 11 is 6.07. The van der Waals surface area contributed by atoms with Crippen molar-refractivity contribution in [2.45, 2.75) is 33.6 Å². The lowest BCUT2D eigenvalue weighted by Gasteiger charge is -2.06. The van der Waals surface area contributed by atoms with Crippen LogP contribution in [-0.2, 0) is 12.8 Å². The molecule has 0 unspecified atom stereocenters. The maximum absolute atomic E-state index is 6.07. The van der Waals surface area contributed by atoms with Crippen LogP contribution in [0.15, 0.2) is 6.07 Å². The molecule has 0 atom stereocenters. The molecule has 0 aromatic carbocycles. The minimum atomic E-state index is 0.863. The number of pyridine rings is 1. The Bertz CT molecular complexity index is 258. The largest absolute Gasteiger partial charge is 0.258 e. The lowest BCUT2D eigenvalue weighted by Crippen LogP contribution is -1.96. The fourth-order valence-corrected chi connectivity index (χ4v) is 1.72. The molecule has 0 radical (unpaired) electrons. The van der Waals surface area contributed by atoms with Gasteiger partial charge in [0, 0.05) is 16.4 Å². The van der Waals surface area contributed by atoms with Gasteiger partial charge in [-0.1, -0.05) is 25.4 Å². The Balaban J connectivity index is 3.18. The molecule has 12 heavy (non-hydrogen) atoms. The van der Waals surface area contributed by atoms with Crippen molar-refractivity contribution in [1.82, 2.24) is 4.98 Å². The van der Waals surface area contributed by atoms with E-state index in [2.05, 4.69) is 18.8 Å². The molecular weight excluding hydrogens is 170 g/mol. The van der Waals surface area contributed by atoms with Crippen molar-refractivity contribution < 1.29 is 0 Å². The zero-order valence-corrected chi connectivity index (χ0v) is 8.57. The summed E-state index contributed by atoms with van der Waals surface area (Å²) in [6, 6.07) is 1.97. The molecule has 0 N–H and O–H groups in total. The van der Waals surface area contributed by atoms with Crippen LogP contribution in [0.5, 0.6) is 0 Å². The Kier molecular flexibility index (Phi) is 3.10. The molecule has 1 rings (SSSR count). The second-order valence-corrected chi connectivity index (χ2v) is 3.27. The average molecular weight is 184 g/mol. The second-order valence-electron chi connectivity index (χ2n) is 2.87. The summed E-state index contributed by atoms with van der Waals surface area (Å²) in [7, 11) is 0. The number of rotatable bonds is 2. The van der Waals surface area contributed by atoms with Gasteiger partial charge in [-0.15, -0.1) is 0 Å². The molecule has 2 heteroatoms. The second kappa shape index (κ2) is 3.90. The molecule has 0 spiro atoms. The summed E-state index contributed by atoms with van der Waals surface area (Å²) in [6.07, 6.45) is 1.91. The van der Waals surface area contributed by atoms with E-state index in [-0.39, 0.29) is 0 Å². The normalized spacial score (nSPS) is 10.3. The lowest BCUT2D eigenvalue weighted by atomic mass is 10.1. The van der Waals surface area contributed by atoms with Crippen molar-refractivity contribution in [3.8, 4) is 0 Å². The molecule has 0 saturated heterocycles. The molecule has 1 aromatic rings. The van der Waals surface area contributed by atoms with Crippen LogP contribution in [0.4, 0.5) is 0 Å². The van der Waals surface area contributed by atoms with E-state index in [9.17, 15) is 0 Å². The number of hydrogen-bond acceptors (Lipinski definition) is 1. The van der Waals surface area contributed by atoms with Crippen LogP contribution in [-0.4, -0.2) is 4.98 Å². The molecule has 66 valence electrons. The molecular formula is C10H14ClN. The van der Waals surface area contributed by atoms with Crippen LogP contribution >= 0.6 is 11.6 Å². The molecule has 1 aromatic heterocycles. The van der Waals surface area contributed by atoms with Gasteiger partial charge >= 0.3 is 0 Å². The highest BCUT2D eigenvalue weighted by molar-refractivity contribution is 6.31. The van der Waals surface area contributed by atoms with Gasteiger partial charge in [-0.25, -0.2) is 0 Å². The van der Waals surface area contributed by atoms with Crippen LogP contribution in [0.25, 0.3) is 0 Å². The van der Waals surface area contributed by atoms with Gasteiger partial charge in [0.15, 0.2) is 0 Å². The number of hydrogen-bond donors (Lipinski definition) is 0. The van der Waals surface area contributed by atoms with Gasteiger partial charge in [-0.05, 0) is 31.4 Å². The standard InChI is InChI=1S/C10H14ClN/c1-4-8-6-10(11)9(5-2)7(3)12-8/h6H,4-5H2,1-3H3. The van der Waals surface area contributed by atoms with Crippen molar-refractivity contribution in [2.24, 2.45) is 0 Å². The van der Waals surface area contributed by atoms with Gasteiger partial charge in [0.25, 0.3) is 0 Å². The molecule has 0 amide bonds. The van der Waals surface area contributed by atoms with Gasteiger partial charge in [0.2, 0.25) is 0 Å². The quantitative estimate of drug-likeness (QED) is 0.687. The van der Waals surface area contributed by atoms with Gasteiger partial charge < -0.3 is 0 Å². The monoisotopic (exact) mass is 183 g/mol. The fourth-order valence-electron chi connectivity index (χ4n) is 1.33. The van der Waals surface area contributed by atoms with Gasteiger partial charge in [-0.3, -0.25) is 4.98 Å². The smallest absolute Gasteiger partial charge is 0.0474 e. The van der Waals surface area contributed by atoms with Crippen molar-refractivity contribution >= 4 is 11.6 Å². The molecule has 0 bridgehead atoms. The first-order valence-corrected chi connectivity index (χ1v) is 4.71. The third-order valence-electron chi connectivity index (χ3n) is 2.05. The van der Waals surface area contributed by atoms with E-state index in [1.807, 2.05) is 13.0 Å². The minimum absolute atomic E-state index is 0.863. The third kappa shape index (κ3) is 1.78. The zero-order chi connectivity index (χ0) is 9.14. The predicted octanol–water partition coefficient (Wildman–Crippen LogP) is 3.17. The summed E-state index contributed by atoms with van der Waals surface area (Å²) < 4.78 is 0. The number of aromatic nitrogens is 1. The first kappa shape index (κ1) is 9.53. The number of aryl methyl sites for hydroxylation is 2. The summed E-state index contributed by atoms with van der Waals surface area (Å²) in [5.74, 6) is 0. The van der Waals surface area contributed by atoms with Crippen molar-refractivity contribution in [2.75, 3.05) is 0 Å². The summed E-state index contributed by atoms with van der Waals surface area (Å²) in [5, 5.41) is 0.863. The van der Waals surface area contributed by atoms with Gasteiger partial charge in [-0.2, -0.15) is 0 Å². The molecule has 0 saturated carbocycles. The maximum Gasteiger partial charge on any atom is 0.0474 e. The van der Waals surface area contributed by atoms with Gasteiger partial charge in [0.05, 0.1) is 0 Å². The van der Waals surface area contributed by atoms with E-state index < -0.39 is 0 Å². The highest BCUT2D eigenvalue weighted by Gasteiger charge is 2.04. The summed E-state index contributed by atoms with van der Waals surface area (Å²) in [4.78, 5) is 4.44. The molecule has 0 aliphatic rings. The summed E-state index contributed by atoms with van der Waals surface area (Å²) in [5.41, 5.74) is 3.32.